The molecular weight excluding hydrogens is 312 g/mol. The van der Waals surface area contributed by atoms with Crippen LogP contribution in [0.25, 0.3) is 11.1 Å². The van der Waals surface area contributed by atoms with Gasteiger partial charge in [-0.2, -0.15) is 0 Å². The molecule has 1 atom stereocenters. The van der Waals surface area contributed by atoms with Gasteiger partial charge in [-0.25, -0.2) is 14.6 Å². The molecule has 0 bridgehead atoms. The van der Waals surface area contributed by atoms with Gasteiger partial charge in [-0.1, -0.05) is 12.1 Å². The Morgan fingerprint density at radius 3 is 2.75 bits per heavy atom. The highest BCUT2D eigenvalue weighted by Crippen LogP contribution is 2.10. The van der Waals surface area contributed by atoms with Crippen molar-refractivity contribution in [2.45, 2.75) is 32.7 Å². The van der Waals surface area contributed by atoms with Gasteiger partial charge >= 0.3 is 11.6 Å². The van der Waals surface area contributed by atoms with E-state index in [0.29, 0.717) is 11.1 Å². The normalized spacial score (nSPS) is 12.0. The Hall–Kier alpha value is -2.70. The van der Waals surface area contributed by atoms with E-state index in [9.17, 15) is 14.4 Å². The second-order valence-electron chi connectivity index (χ2n) is 5.35. The van der Waals surface area contributed by atoms with Crippen molar-refractivity contribution in [1.29, 1.82) is 0 Å². The number of ether oxygens (including phenoxy) is 1. The van der Waals surface area contributed by atoms with Crippen LogP contribution in [0.15, 0.2) is 33.5 Å². The lowest BCUT2D eigenvalue weighted by atomic mass is 10.2. The van der Waals surface area contributed by atoms with Gasteiger partial charge in [-0.3, -0.25) is 4.79 Å². The zero-order valence-electron chi connectivity index (χ0n) is 13.9. The van der Waals surface area contributed by atoms with E-state index in [1.807, 2.05) is 0 Å². The minimum Gasteiger partial charge on any atom is -0.464 e. The van der Waals surface area contributed by atoms with Crippen LogP contribution in [0.3, 0.4) is 0 Å². The molecule has 0 fully saturated rings. The number of rotatable bonds is 6. The number of aromatic nitrogens is 1. The van der Waals surface area contributed by atoms with E-state index in [0.717, 1.165) is 0 Å². The monoisotopic (exact) mass is 332 g/mol. The van der Waals surface area contributed by atoms with Gasteiger partial charge in [0, 0.05) is 19.9 Å². The number of benzene rings is 1. The first-order chi connectivity index (χ1) is 11.4. The van der Waals surface area contributed by atoms with Gasteiger partial charge in [0.2, 0.25) is 5.91 Å². The van der Waals surface area contributed by atoms with Gasteiger partial charge in [0.05, 0.1) is 6.61 Å². The van der Waals surface area contributed by atoms with Crippen LogP contribution in [0.5, 0.6) is 0 Å². The van der Waals surface area contributed by atoms with Crippen molar-refractivity contribution < 1.29 is 18.7 Å². The molecule has 2 aromatic rings. The van der Waals surface area contributed by atoms with Crippen molar-refractivity contribution in [3.63, 3.8) is 0 Å². The Balaban J connectivity index is 2.05. The Morgan fingerprint density at radius 1 is 1.33 bits per heavy atom. The van der Waals surface area contributed by atoms with Crippen molar-refractivity contribution in [2.24, 2.45) is 0 Å². The third-order valence-electron chi connectivity index (χ3n) is 3.74. The number of carbonyl (C=O) groups excluding carboxylic acids is 2. The molecule has 7 nitrogen and oxygen atoms in total. The number of para-hydroxylation sites is 2. The lowest BCUT2D eigenvalue weighted by Crippen LogP contribution is -2.41. The van der Waals surface area contributed by atoms with Crippen molar-refractivity contribution in [1.82, 2.24) is 9.88 Å². The van der Waals surface area contributed by atoms with Crippen LogP contribution in [0.2, 0.25) is 0 Å². The average molecular weight is 332 g/mol. The molecule has 7 heteroatoms. The molecule has 1 aromatic heterocycles. The molecule has 0 N–H and O–H groups in total. The predicted molar refractivity (Wildman–Crippen MR) is 87.5 cm³/mol. The van der Waals surface area contributed by atoms with Gasteiger partial charge < -0.3 is 14.1 Å². The van der Waals surface area contributed by atoms with Crippen LogP contribution >= 0.6 is 0 Å². The highest BCUT2D eigenvalue weighted by Gasteiger charge is 2.23. The minimum atomic E-state index is -0.682. The maximum absolute atomic E-state index is 12.2. The van der Waals surface area contributed by atoms with Crippen LogP contribution < -0.4 is 5.63 Å². The van der Waals surface area contributed by atoms with Gasteiger partial charge in [0.15, 0.2) is 5.58 Å². The average Bonchev–Trinajstić information content (AvgIpc) is 2.58. The van der Waals surface area contributed by atoms with Crippen LogP contribution in [0.1, 0.15) is 26.0 Å². The summed E-state index contributed by atoms with van der Waals surface area (Å²) in [6, 6.07) is 6.26. The summed E-state index contributed by atoms with van der Waals surface area (Å²) in [5.74, 6) is -0.735. The summed E-state index contributed by atoms with van der Waals surface area (Å²) in [5.41, 5.74) is 0.611. The van der Waals surface area contributed by atoms with E-state index in [1.54, 1.807) is 38.1 Å². The van der Waals surface area contributed by atoms with Crippen LogP contribution in [-0.4, -0.2) is 41.5 Å². The number of hydrogen-bond acceptors (Lipinski definition) is 6. The highest BCUT2D eigenvalue weighted by molar-refractivity contribution is 5.84. The third-order valence-corrected chi connectivity index (χ3v) is 3.74. The Kier molecular flexibility index (Phi) is 5.68. The summed E-state index contributed by atoms with van der Waals surface area (Å²) >= 11 is 0. The summed E-state index contributed by atoms with van der Waals surface area (Å²) in [7, 11) is 1.53. The minimum absolute atomic E-state index is 0.0519. The molecule has 0 aliphatic heterocycles. The molecule has 24 heavy (non-hydrogen) atoms. The van der Waals surface area contributed by atoms with Gasteiger partial charge in [-0.15, -0.1) is 0 Å². The number of amides is 1. The number of likely N-dealkylation sites (N-methyl/N-ethyl adjacent to an activating group) is 1. The highest BCUT2D eigenvalue weighted by atomic mass is 16.5. The largest absolute Gasteiger partial charge is 0.464 e. The Labute approximate surface area is 139 Å². The molecular formula is C17H20N2O5. The van der Waals surface area contributed by atoms with Crippen molar-refractivity contribution in [3.05, 3.63) is 40.4 Å². The van der Waals surface area contributed by atoms with Crippen LogP contribution in [-0.2, 0) is 20.7 Å². The number of carbonyl (C=O) groups is 2. The topological polar surface area (TPSA) is 89.7 Å². The second-order valence-corrected chi connectivity index (χ2v) is 5.35. The van der Waals surface area contributed by atoms with Gasteiger partial charge in [-0.05, 0) is 26.0 Å². The first-order valence-electron chi connectivity index (χ1n) is 7.75. The standard InChI is InChI=1S/C17H20N2O5/c1-4-23-16(21)11(2)19(3)15(20)10-9-13-17(22)24-14-8-6-5-7-12(14)18-13/h5-8,11H,4,9-10H2,1-3H3. The van der Waals surface area contributed by atoms with E-state index in [1.165, 1.54) is 11.9 Å². The quantitative estimate of drug-likeness (QED) is 0.745. The first kappa shape index (κ1) is 17.7. The molecule has 128 valence electrons. The molecule has 1 aromatic carbocycles. The van der Waals surface area contributed by atoms with Crippen molar-refractivity contribution in [2.75, 3.05) is 13.7 Å². The van der Waals surface area contributed by atoms with E-state index in [-0.39, 0.29) is 31.0 Å². The molecule has 0 radical (unpaired) electrons. The molecule has 2 rings (SSSR count). The fraction of sp³-hybridized carbons (Fsp3) is 0.412. The number of aryl methyl sites for hydroxylation is 1. The molecule has 1 heterocycles. The first-order valence-corrected chi connectivity index (χ1v) is 7.75. The maximum atomic E-state index is 12.2. The maximum Gasteiger partial charge on any atom is 0.358 e. The van der Waals surface area contributed by atoms with Crippen molar-refractivity contribution in [3.8, 4) is 0 Å². The smallest absolute Gasteiger partial charge is 0.358 e. The summed E-state index contributed by atoms with van der Waals surface area (Å²) < 4.78 is 10.1. The third kappa shape index (κ3) is 3.98. The molecule has 1 amide bonds. The molecule has 0 saturated carbocycles. The van der Waals surface area contributed by atoms with Crippen LogP contribution in [0.4, 0.5) is 0 Å². The van der Waals surface area contributed by atoms with E-state index in [2.05, 4.69) is 4.98 Å². The second kappa shape index (κ2) is 7.72. The number of esters is 1. The summed E-state index contributed by atoms with van der Waals surface area (Å²) in [4.78, 5) is 41.3. The molecule has 0 aliphatic carbocycles. The van der Waals surface area contributed by atoms with E-state index in [4.69, 9.17) is 9.15 Å². The lowest BCUT2D eigenvalue weighted by Gasteiger charge is -2.23. The molecule has 0 saturated heterocycles. The summed E-state index contributed by atoms with van der Waals surface area (Å²) in [6.07, 6.45) is 0.197. The fourth-order valence-electron chi connectivity index (χ4n) is 2.18. The lowest BCUT2D eigenvalue weighted by molar-refractivity contribution is -0.153. The SMILES string of the molecule is CCOC(=O)C(C)N(C)C(=O)CCc1nc2ccccc2oc1=O. The number of nitrogens with zero attached hydrogens (tertiary/aromatic N) is 2. The predicted octanol–water partition coefficient (Wildman–Crippen LogP) is 1.53. The molecule has 0 spiro atoms. The van der Waals surface area contributed by atoms with Crippen molar-refractivity contribution >= 4 is 23.0 Å². The van der Waals surface area contributed by atoms with E-state index >= 15 is 0 Å². The zero-order chi connectivity index (χ0) is 17.7. The zero-order valence-corrected chi connectivity index (χ0v) is 13.9. The Morgan fingerprint density at radius 2 is 2.04 bits per heavy atom. The molecule has 0 aliphatic rings. The fourth-order valence-corrected chi connectivity index (χ4v) is 2.18. The van der Waals surface area contributed by atoms with E-state index < -0.39 is 17.6 Å². The molecule has 1 unspecified atom stereocenters. The van der Waals surface area contributed by atoms with Gasteiger partial charge in [0.1, 0.15) is 17.3 Å². The van der Waals surface area contributed by atoms with Gasteiger partial charge in [0.25, 0.3) is 0 Å². The number of hydrogen-bond donors (Lipinski definition) is 0. The summed E-state index contributed by atoms with van der Waals surface area (Å²) in [5, 5.41) is 0. The summed E-state index contributed by atoms with van der Waals surface area (Å²) in [6.45, 7) is 3.56. The Bertz CT molecular complexity index is 799. The van der Waals surface area contributed by atoms with Crippen LogP contribution in [0, 0.1) is 0 Å². The number of fused-ring (bicyclic) bond motifs is 1.